The average molecular weight is 404 g/mol. The fourth-order valence-electron chi connectivity index (χ4n) is 3.75. The van der Waals surface area contributed by atoms with Crippen molar-refractivity contribution in [2.75, 3.05) is 5.32 Å². The number of hydrogen-bond acceptors (Lipinski definition) is 2. The number of H-pyrrole nitrogens is 1. The lowest BCUT2D eigenvalue weighted by atomic mass is 10.0. The van der Waals surface area contributed by atoms with Crippen LogP contribution < -0.4 is 5.32 Å². The summed E-state index contributed by atoms with van der Waals surface area (Å²) in [5.41, 5.74) is 7.14. The van der Waals surface area contributed by atoms with E-state index in [0.29, 0.717) is 16.1 Å². The number of halogens is 2. The lowest BCUT2D eigenvalue weighted by molar-refractivity contribution is 0.586. The molecular weight excluding hydrogens is 377 g/mol. The second-order valence-electron chi connectivity index (χ2n) is 7.20. The number of hydrogen-bond donors (Lipinski definition) is 2. The van der Waals surface area contributed by atoms with E-state index in [9.17, 15) is 0 Å². The minimum absolute atomic E-state index is 0.469. The molecule has 0 unspecified atom stereocenters. The topological polar surface area (TPSA) is 40.7 Å². The Bertz CT molecular complexity index is 940. The van der Waals surface area contributed by atoms with E-state index in [1.54, 1.807) is 6.07 Å². The molecule has 0 saturated heterocycles. The number of rotatable bonds is 7. The quantitative estimate of drug-likeness (QED) is 0.427. The molecule has 3 rings (SSSR count). The summed E-state index contributed by atoms with van der Waals surface area (Å²) >= 11 is 12.6. The van der Waals surface area contributed by atoms with Crippen LogP contribution in [-0.4, -0.2) is 16.0 Å². The Morgan fingerprint density at radius 1 is 1.07 bits per heavy atom. The maximum Gasteiger partial charge on any atom is 0.0985 e. The molecule has 3 nitrogen and oxygen atoms in total. The Hall–Kier alpha value is -1.71. The number of anilines is 1. The first-order valence-corrected chi connectivity index (χ1v) is 10.4. The first-order chi connectivity index (χ1) is 12.9. The maximum atomic E-state index is 6.50. The Labute approximate surface area is 171 Å². The van der Waals surface area contributed by atoms with Crippen molar-refractivity contribution >= 4 is 39.9 Å². The van der Waals surface area contributed by atoms with Crippen molar-refractivity contribution in [3.05, 3.63) is 45.7 Å². The molecule has 0 radical (unpaired) electrons. The van der Waals surface area contributed by atoms with E-state index in [-0.39, 0.29) is 0 Å². The Morgan fingerprint density at radius 2 is 1.78 bits per heavy atom. The van der Waals surface area contributed by atoms with Crippen LogP contribution in [0.5, 0.6) is 0 Å². The van der Waals surface area contributed by atoms with Gasteiger partial charge in [0.15, 0.2) is 0 Å². The van der Waals surface area contributed by atoms with Crippen molar-refractivity contribution in [2.24, 2.45) is 0 Å². The second kappa shape index (κ2) is 8.53. The number of aryl methyl sites for hydroxylation is 2. The van der Waals surface area contributed by atoms with Gasteiger partial charge in [0.1, 0.15) is 0 Å². The number of aromatic nitrogens is 2. The van der Waals surface area contributed by atoms with Crippen LogP contribution in [-0.2, 0) is 0 Å². The van der Waals surface area contributed by atoms with Gasteiger partial charge >= 0.3 is 0 Å². The third kappa shape index (κ3) is 4.25. The highest BCUT2D eigenvalue weighted by Gasteiger charge is 2.19. The molecule has 0 fully saturated rings. The molecular formula is C22H27Cl2N3. The summed E-state index contributed by atoms with van der Waals surface area (Å²) in [6.07, 6.45) is 4.65. The van der Waals surface area contributed by atoms with Crippen molar-refractivity contribution in [3.8, 4) is 11.1 Å². The molecule has 2 N–H and O–H groups in total. The van der Waals surface area contributed by atoms with Gasteiger partial charge in [0, 0.05) is 33.6 Å². The Balaban J connectivity index is 2.13. The predicted octanol–water partition coefficient (Wildman–Crippen LogP) is 7.53. The van der Waals surface area contributed by atoms with E-state index in [1.807, 2.05) is 19.1 Å². The standard InChI is InChI=1S/C22H27Cl2N3/c1-5-7-16(8-6-2)27-19-11-13(3)25-22-20(14(4)26-21(19)22)17-10-9-15(23)12-18(17)24/h9-12,16,26H,5-8H2,1-4H3,(H,25,27). The number of nitrogens with one attached hydrogen (secondary N) is 2. The molecule has 27 heavy (non-hydrogen) atoms. The summed E-state index contributed by atoms with van der Waals surface area (Å²) in [6.45, 7) is 8.57. The molecule has 2 aromatic heterocycles. The zero-order valence-corrected chi connectivity index (χ0v) is 17.9. The fourth-order valence-corrected chi connectivity index (χ4v) is 4.25. The van der Waals surface area contributed by atoms with Crippen LogP contribution in [0.15, 0.2) is 24.3 Å². The van der Waals surface area contributed by atoms with Gasteiger partial charge in [0.05, 0.1) is 21.7 Å². The molecule has 0 spiro atoms. The highest BCUT2D eigenvalue weighted by molar-refractivity contribution is 6.36. The van der Waals surface area contributed by atoms with Crippen molar-refractivity contribution in [3.63, 3.8) is 0 Å². The largest absolute Gasteiger partial charge is 0.381 e. The van der Waals surface area contributed by atoms with Gasteiger partial charge in [-0.05, 0) is 44.9 Å². The Kier molecular flexibility index (Phi) is 6.33. The van der Waals surface area contributed by atoms with E-state index in [2.05, 4.69) is 37.1 Å². The number of pyridine rings is 1. The molecule has 0 amide bonds. The lowest BCUT2D eigenvalue weighted by Gasteiger charge is -2.19. The lowest BCUT2D eigenvalue weighted by Crippen LogP contribution is -2.19. The average Bonchev–Trinajstić information content (AvgIpc) is 2.92. The SMILES string of the molecule is CCCC(CCC)Nc1cc(C)nc2c(-c3ccc(Cl)cc3Cl)c(C)[nH]c12. The van der Waals surface area contributed by atoms with E-state index in [4.69, 9.17) is 28.2 Å². The molecule has 0 bridgehead atoms. The third-order valence-electron chi connectivity index (χ3n) is 4.91. The molecule has 0 saturated carbocycles. The molecule has 0 aliphatic carbocycles. The van der Waals surface area contributed by atoms with Crippen LogP contribution in [0.3, 0.4) is 0 Å². The van der Waals surface area contributed by atoms with Gasteiger partial charge in [0.2, 0.25) is 0 Å². The molecule has 0 aliphatic rings. The summed E-state index contributed by atoms with van der Waals surface area (Å²) in [5.74, 6) is 0. The number of nitrogens with zero attached hydrogens (tertiary/aromatic N) is 1. The normalized spacial score (nSPS) is 11.5. The van der Waals surface area contributed by atoms with E-state index in [0.717, 1.165) is 52.1 Å². The predicted molar refractivity (Wildman–Crippen MR) is 118 cm³/mol. The molecule has 5 heteroatoms. The van der Waals surface area contributed by atoms with E-state index in [1.165, 1.54) is 12.8 Å². The van der Waals surface area contributed by atoms with Crippen molar-refractivity contribution in [1.29, 1.82) is 0 Å². The summed E-state index contributed by atoms with van der Waals surface area (Å²) in [6, 6.07) is 8.22. The molecule has 2 heterocycles. The zero-order valence-electron chi connectivity index (χ0n) is 16.4. The van der Waals surface area contributed by atoms with Crippen molar-refractivity contribution in [2.45, 2.75) is 59.4 Å². The monoisotopic (exact) mass is 403 g/mol. The number of benzene rings is 1. The van der Waals surface area contributed by atoms with Crippen molar-refractivity contribution < 1.29 is 0 Å². The van der Waals surface area contributed by atoms with Crippen LogP contribution in [0, 0.1) is 13.8 Å². The van der Waals surface area contributed by atoms with Crippen LogP contribution >= 0.6 is 23.2 Å². The summed E-state index contributed by atoms with van der Waals surface area (Å²) in [5, 5.41) is 5.03. The molecule has 0 atom stereocenters. The van der Waals surface area contributed by atoms with Gasteiger partial charge in [-0.2, -0.15) is 0 Å². The van der Waals surface area contributed by atoms with Crippen LogP contribution in [0.1, 0.15) is 50.9 Å². The third-order valence-corrected chi connectivity index (χ3v) is 5.45. The summed E-state index contributed by atoms with van der Waals surface area (Å²) < 4.78 is 0. The van der Waals surface area contributed by atoms with Crippen molar-refractivity contribution in [1.82, 2.24) is 9.97 Å². The minimum atomic E-state index is 0.469. The molecule has 0 aliphatic heterocycles. The van der Waals surface area contributed by atoms with Gasteiger partial charge in [-0.15, -0.1) is 0 Å². The molecule has 1 aromatic carbocycles. The van der Waals surface area contributed by atoms with E-state index >= 15 is 0 Å². The minimum Gasteiger partial charge on any atom is -0.381 e. The van der Waals surface area contributed by atoms with Gasteiger partial charge in [-0.3, -0.25) is 4.98 Å². The smallest absolute Gasteiger partial charge is 0.0985 e. The van der Waals surface area contributed by atoms with Crippen LogP contribution in [0.25, 0.3) is 22.2 Å². The highest BCUT2D eigenvalue weighted by Crippen LogP contribution is 2.39. The number of aromatic amines is 1. The van der Waals surface area contributed by atoms with E-state index < -0.39 is 0 Å². The fraction of sp³-hybridized carbons (Fsp3) is 0.409. The molecule has 3 aromatic rings. The van der Waals surface area contributed by atoms with Crippen LogP contribution in [0.4, 0.5) is 5.69 Å². The first kappa shape index (κ1) is 20.0. The Morgan fingerprint density at radius 3 is 2.41 bits per heavy atom. The first-order valence-electron chi connectivity index (χ1n) is 9.66. The zero-order chi connectivity index (χ0) is 19.6. The van der Waals surface area contributed by atoms with Gasteiger partial charge in [0.25, 0.3) is 0 Å². The van der Waals surface area contributed by atoms with Gasteiger partial charge in [-0.1, -0.05) is 56.0 Å². The number of fused-ring (bicyclic) bond motifs is 1. The van der Waals surface area contributed by atoms with Gasteiger partial charge in [-0.25, -0.2) is 0 Å². The van der Waals surface area contributed by atoms with Gasteiger partial charge < -0.3 is 10.3 Å². The van der Waals surface area contributed by atoms with Crippen LogP contribution in [0.2, 0.25) is 10.0 Å². The second-order valence-corrected chi connectivity index (χ2v) is 8.05. The summed E-state index contributed by atoms with van der Waals surface area (Å²) in [4.78, 5) is 8.37. The maximum absolute atomic E-state index is 6.50. The highest BCUT2D eigenvalue weighted by atomic mass is 35.5. The summed E-state index contributed by atoms with van der Waals surface area (Å²) in [7, 11) is 0. The molecule has 144 valence electrons.